The summed E-state index contributed by atoms with van der Waals surface area (Å²) in [6, 6.07) is 4.25. The van der Waals surface area contributed by atoms with Gasteiger partial charge in [-0.1, -0.05) is 6.42 Å². The lowest BCUT2D eigenvalue weighted by molar-refractivity contribution is -0.146. The Hall–Kier alpha value is -2.70. The van der Waals surface area contributed by atoms with E-state index in [1.807, 2.05) is 0 Å². The SMILES string of the molecule is COc1ccc([C@@H]2NC(=O)NC(C)=C2C(=O)OC2CCCCC2)c(OC)c1. The Balaban J connectivity index is 1.93. The number of carbonyl (C=O) groups excluding carboxylic acids is 2. The third-order valence-electron chi connectivity index (χ3n) is 5.07. The molecule has 1 saturated carbocycles. The summed E-state index contributed by atoms with van der Waals surface area (Å²) in [5.74, 6) is 0.745. The predicted molar refractivity (Wildman–Crippen MR) is 99.6 cm³/mol. The first-order chi connectivity index (χ1) is 13.0. The molecule has 7 nitrogen and oxygen atoms in total. The second-order valence-corrected chi connectivity index (χ2v) is 6.84. The fourth-order valence-corrected chi connectivity index (χ4v) is 3.65. The average Bonchev–Trinajstić information content (AvgIpc) is 2.67. The lowest BCUT2D eigenvalue weighted by Gasteiger charge is -2.30. The maximum atomic E-state index is 13.0. The third kappa shape index (κ3) is 4.18. The quantitative estimate of drug-likeness (QED) is 0.773. The zero-order valence-electron chi connectivity index (χ0n) is 16.0. The summed E-state index contributed by atoms with van der Waals surface area (Å²) < 4.78 is 16.4. The Morgan fingerprint density at radius 3 is 2.52 bits per heavy atom. The van der Waals surface area contributed by atoms with E-state index in [1.54, 1.807) is 32.2 Å². The highest BCUT2D eigenvalue weighted by Crippen LogP contribution is 2.36. The van der Waals surface area contributed by atoms with Gasteiger partial charge in [-0.25, -0.2) is 9.59 Å². The zero-order chi connectivity index (χ0) is 19.4. The van der Waals surface area contributed by atoms with Crippen LogP contribution in [0, 0.1) is 0 Å². The van der Waals surface area contributed by atoms with Crippen molar-refractivity contribution in [2.45, 2.75) is 51.2 Å². The van der Waals surface area contributed by atoms with Crippen LogP contribution in [-0.2, 0) is 9.53 Å². The van der Waals surface area contributed by atoms with Gasteiger partial charge in [0.25, 0.3) is 0 Å². The molecule has 146 valence electrons. The minimum absolute atomic E-state index is 0.0670. The summed E-state index contributed by atoms with van der Waals surface area (Å²) in [5, 5.41) is 5.48. The van der Waals surface area contributed by atoms with Crippen LogP contribution in [-0.4, -0.2) is 32.3 Å². The zero-order valence-corrected chi connectivity index (χ0v) is 16.0. The van der Waals surface area contributed by atoms with Gasteiger partial charge in [-0.15, -0.1) is 0 Å². The van der Waals surface area contributed by atoms with Crippen LogP contribution in [0.5, 0.6) is 11.5 Å². The molecule has 1 atom stereocenters. The lowest BCUT2D eigenvalue weighted by Crippen LogP contribution is -2.45. The Kier molecular flexibility index (Phi) is 5.88. The van der Waals surface area contributed by atoms with E-state index in [-0.39, 0.29) is 12.1 Å². The molecule has 1 aliphatic carbocycles. The molecule has 2 amide bonds. The number of esters is 1. The Morgan fingerprint density at radius 1 is 1.11 bits per heavy atom. The van der Waals surface area contributed by atoms with Gasteiger partial charge in [-0.2, -0.15) is 0 Å². The summed E-state index contributed by atoms with van der Waals surface area (Å²) in [7, 11) is 3.11. The smallest absolute Gasteiger partial charge is 0.338 e. The van der Waals surface area contributed by atoms with Crippen molar-refractivity contribution in [3.63, 3.8) is 0 Å². The number of hydrogen-bond donors (Lipinski definition) is 2. The molecule has 0 aromatic heterocycles. The van der Waals surface area contributed by atoms with Gasteiger partial charge in [0, 0.05) is 17.3 Å². The molecule has 3 rings (SSSR count). The minimum atomic E-state index is -0.657. The van der Waals surface area contributed by atoms with Gasteiger partial charge in [0.15, 0.2) is 0 Å². The van der Waals surface area contributed by atoms with E-state index in [4.69, 9.17) is 14.2 Å². The van der Waals surface area contributed by atoms with Crippen LogP contribution >= 0.6 is 0 Å². The summed E-state index contributed by atoms with van der Waals surface area (Å²) in [4.78, 5) is 25.0. The van der Waals surface area contributed by atoms with Crippen molar-refractivity contribution in [1.29, 1.82) is 0 Å². The molecule has 1 aromatic carbocycles. The van der Waals surface area contributed by atoms with Crippen LogP contribution in [0.25, 0.3) is 0 Å². The summed E-state index contributed by atoms with van der Waals surface area (Å²) in [6.45, 7) is 1.71. The normalized spacial score (nSPS) is 20.6. The van der Waals surface area contributed by atoms with E-state index >= 15 is 0 Å². The molecule has 1 aliphatic heterocycles. The van der Waals surface area contributed by atoms with Crippen LogP contribution in [0.15, 0.2) is 29.5 Å². The van der Waals surface area contributed by atoms with Crippen LogP contribution in [0.3, 0.4) is 0 Å². The molecule has 0 radical (unpaired) electrons. The molecule has 0 unspecified atom stereocenters. The predicted octanol–water partition coefficient (Wildman–Crippen LogP) is 3.21. The standard InChI is InChI=1S/C20H26N2O5/c1-12-17(19(23)27-13-7-5-4-6-8-13)18(22-20(24)21-12)15-10-9-14(25-2)11-16(15)26-3/h9-11,13,18H,4-8H2,1-3H3,(H2,21,22,24)/t18-/m0/s1. The molecule has 0 saturated heterocycles. The van der Waals surface area contributed by atoms with E-state index in [0.29, 0.717) is 28.3 Å². The van der Waals surface area contributed by atoms with Crippen molar-refractivity contribution in [2.24, 2.45) is 0 Å². The number of amides is 2. The first kappa shape index (κ1) is 19.1. The van der Waals surface area contributed by atoms with Crippen molar-refractivity contribution in [2.75, 3.05) is 14.2 Å². The number of hydrogen-bond acceptors (Lipinski definition) is 5. The van der Waals surface area contributed by atoms with Crippen molar-refractivity contribution < 1.29 is 23.8 Å². The van der Waals surface area contributed by atoms with Crippen molar-refractivity contribution in [3.8, 4) is 11.5 Å². The van der Waals surface area contributed by atoms with Crippen molar-refractivity contribution in [3.05, 3.63) is 35.0 Å². The second kappa shape index (κ2) is 8.33. The topological polar surface area (TPSA) is 85.9 Å². The number of ether oxygens (including phenoxy) is 3. The fraction of sp³-hybridized carbons (Fsp3) is 0.500. The fourth-order valence-electron chi connectivity index (χ4n) is 3.65. The minimum Gasteiger partial charge on any atom is -0.497 e. The Bertz CT molecular complexity index is 753. The molecular weight excluding hydrogens is 348 g/mol. The number of rotatable bonds is 5. The second-order valence-electron chi connectivity index (χ2n) is 6.84. The first-order valence-electron chi connectivity index (χ1n) is 9.24. The van der Waals surface area contributed by atoms with E-state index in [9.17, 15) is 9.59 Å². The van der Waals surface area contributed by atoms with Crippen LogP contribution in [0.1, 0.15) is 50.6 Å². The molecule has 1 heterocycles. The van der Waals surface area contributed by atoms with Crippen molar-refractivity contribution >= 4 is 12.0 Å². The molecule has 1 aromatic rings. The van der Waals surface area contributed by atoms with Gasteiger partial charge >= 0.3 is 12.0 Å². The summed E-state index contributed by atoms with van der Waals surface area (Å²) in [5.41, 5.74) is 1.55. The Labute approximate surface area is 159 Å². The van der Waals surface area contributed by atoms with Crippen LogP contribution in [0.2, 0.25) is 0 Å². The van der Waals surface area contributed by atoms with Gasteiger partial charge in [-0.3, -0.25) is 0 Å². The summed E-state index contributed by atoms with van der Waals surface area (Å²) in [6.07, 6.45) is 5.02. The molecule has 7 heteroatoms. The number of methoxy groups -OCH3 is 2. The maximum Gasteiger partial charge on any atom is 0.338 e. The van der Waals surface area contributed by atoms with E-state index in [0.717, 1.165) is 25.7 Å². The lowest BCUT2D eigenvalue weighted by atomic mass is 9.94. The van der Waals surface area contributed by atoms with Gasteiger partial charge in [0.2, 0.25) is 0 Å². The van der Waals surface area contributed by atoms with E-state index < -0.39 is 12.0 Å². The largest absolute Gasteiger partial charge is 0.497 e. The molecular formula is C20H26N2O5. The number of carbonyl (C=O) groups is 2. The van der Waals surface area contributed by atoms with Gasteiger partial charge < -0.3 is 24.8 Å². The number of nitrogens with one attached hydrogen (secondary N) is 2. The number of urea groups is 1. The number of benzene rings is 1. The van der Waals surface area contributed by atoms with Gasteiger partial charge in [0.1, 0.15) is 17.6 Å². The maximum absolute atomic E-state index is 13.0. The average molecular weight is 374 g/mol. The molecule has 2 N–H and O–H groups in total. The molecule has 2 aliphatic rings. The highest BCUT2D eigenvalue weighted by Gasteiger charge is 2.35. The Morgan fingerprint density at radius 2 is 1.85 bits per heavy atom. The first-order valence-corrected chi connectivity index (χ1v) is 9.24. The highest BCUT2D eigenvalue weighted by atomic mass is 16.5. The molecule has 1 fully saturated rings. The summed E-state index contributed by atoms with van der Waals surface area (Å²) >= 11 is 0. The van der Waals surface area contributed by atoms with Gasteiger partial charge in [0.05, 0.1) is 25.8 Å². The molecule has 0 spiro atoms. The molecule has 27 heavy (non-hydrogen) atoms. The highest BCUT2D eigenvalue weighted by molar-refractivity contribution is 5.95. The van der Waals surface area contributed by atoms with Crippen LogP contribution < -0.4 is 20.1 Å². The molecule has 0 bridgehead atoms. The third-order valence-corrected chi connectivity index (χ3v) is 5.07. The monoisotopic (exact) mass is 374 g/mol. The number of allylic oxidation sites excluding steroid dienone is 1. The van der Waals surface area contributed by atoms with E-state index in [1.165, 1.54) is 13.5 Å². The van der Waals surface area contributed by atoms with E-state index in [2.05, 4.69) is 10.6 Å². The van der Waals surface area contributed by atoms with Crippen molar-refractivity contribution in [1.82, 2.24) is 10.6 Å². The van der Waals surface area contributed by atoms with Crippen LogP contribution in [0.4, 0.5) is 4.79 Å². The van der Waals surface area contributed by atoms with Gasteiger partial charge in [-0.05, 0) is 44.7 Å².